The summed E-state index contributed by atoms with van der Waals surface area (Å²) >= 11 is 2.07. The van der Waals surface area contributed by atoms with Gasteiger partial charge in [0.05, 0.1) is 0 Å². The molecule has 0 aromatic heterocycles. The molecule has 0 amide bonds. The third-order valence-electron chi connectivity index (χ3n) is 4.27. The average molecular weight is 277 g/mol. The van der Waals surface area contributed by atoms with Crippen LogP contribution in [0.15, 0.2) is 35.2 Å². The average Bonchev–Trinajstić information content (AvgIpc) is 2.42. The molecule has 1 saturated carbocycles. The van der Waals surface area contributed by atoms with Crippen LogP contribution in [-0.4, -0.2) is 17.8 Å². The van der Waals surface area contributed by atoms with E-state index in [0.29, 0.717) is 6.04 Å². The number of rotatable bonds is 5. The first-order valence-electron chi connectivity index (χ1n) is 7.65. The molecule has 1 aliphatic carbocycles. The molecule has 0 spiro atoms. The summed E-state index contributed by atoms with van der Waals surface area (Å²) in [5, 5.41) is 4.42. The molecule has 1 aromatic rings. The topological polar surface area (TPSA) is 12.0 Å². The highest BCUT2D eigenvalue weighted by molar-refractivity contribution is 8.00. The normalized spacial score (nSPS) is 27.7. The SMILES string of the molecule is CCNC1CCC(C(C)C)CC1Sc1ccccc1. The van der Waals surface area contributed by atoms with Crippen LogP contribution < -0.4 is 5.32 Å². The molecule has 1 aromatic carbocycles. The van der Waals surface area contributed by atoms with Crippen molar-refractivity contribution in [3.8, 4) is 0 Å². The standard InChI is InChI=1S/C17H27NS/c1-4-18-16-11-10-14(13(2)3)12-17(16)19-15-8-6-5-7-9-15/h5-9,13-14,16-18H,4,10-12H2,1-3H3. The molecule has 0 radical (unpaired) electrons. The zero-order valence-corrected chi connectivity index (χ0v) is 13.2. The lowest BCUT2D eigenvalue weighted by atomic mass is 9.79. The highest BCUT2D eigenvalue weighted by Crippen LogP contribution is 2.39. The van der Waals surface area contributed by atoms with E-state index in [0.717, 1.165) is 23.6 Å². The fourth-order valence-electron chi connectivity index (χ4n) is 3.07. The van der Waals surface area contributed by atoms with Gasteiger partial charge >= 0.3 is 0 Å². The summed E-state index contributed by atoms with van der Waals surface area (Å²) in [4.78, 5) is 1.42. The van der Waals surface area contributed by atoms with Crippen molar-refractivity contribution in [2.45, 2.75) is 56.2 Å². The molecule has 2 rings (SSSR count). The molecule has 0 bridgehead atoms. The minimum absolute atomic E-state index is 0.685. The van der Waals surface area contributed by atoms with Crippen molar-refractivity contribution in [2.75, 3.05) is 6.54 Å². The lowest BCUT2D eigenvalue weighted by Crippen LogP contribution is -2.43. The molecule has 0 heterocycles. The van der Waals surface area contributed by atoms with Gasteiger partial charge in [0.15, 0.2) is 0 Å². The van der Waals surface area contributed by atoms with Crippen LogP contribution in [0, 0.1) is 11.8 Å². The third-order valence-corrected chi connectivity index (χ3v) is 5.64. The molecule has 0 saturated heterocycles. The van der Waals surface area contributed by atoms with Gasteiger partial charge in [0.1, 0.15) is 0 Å². The maximum Gasteiger partial charge on any atom is 0.0251 e. The Balaban J connectivity index is 2.03. The van der Waals surface area contributed by atoms with E-state index in [1.165, 1.54) is 24.2 Å². The molecule has 1 aliphatic rings. The van der Waals surface area contributed by atoms with Gasteiger partial charge in [0, 0.05) is 16.2 Å². The van der Waals surface area contributed by atoms with E-state index in [9.17, 15) is 0 Å². The maximum absolute atomic E-state index is 3.69. The molecule has 3 unspecified atom stereocenters. The Morgan fingerprint density at radius 1 is 1.21 bits per heavy atom. The number of hydrogen-bond donors (Lipinski definition) is 1. The quantitative estimate of drug-likeness (QED) is 0.845. The molecule has 0 aliphatic heterocycles. The molecule has 1 nitrogen and oxygen atoms in total. The van der Waals surface area contributed by atoms with E-state index >= 15 is 0 Å². The number of thioether (sulfide) groups is 1. The van der Waals surface area contributed by atoms with Crippen LogP contribution in [0.1, 0.15) is 40.0 Å². The molecular formula is C17H27NS. The van der Waals surface area contributed by atoms with E-state index < -0.39 is 0 Å². The summed E-state index contributed by atoms with van der Waals surface area (Å²) < 4.78 is 0. The second-order valence-electron chi connectivity index (χ2n) is 5.95. The Bertz CT molecular complexity index is 363. The van der Waals surface area contributed by atoms with Gasteiger partial charge in [-0.3, -0.25) is 0 Å². The zero-order valence-electron chi connectivity index (χ0n) is 12.4. The predicted molar refractivity (Wildman–Crippen MR) is 85.7 cm³/mol. The summed E-state index contributed by atoms with van der Waals surface area (Å²) in [6.45, 7) is 8.06. The van der Waals surface area contributed by atoms with Gasteiger partial charge in [-0.25, -0.2) is 0 Å². The minimum Gasteiger partial charge on any atom is -0.313 e. The monoisotopic (exact) mass is 277 g/mol. The highest BCUT2D eigenvalue weighted by atomic mass is 32.2. The fourth-order valence-corrected chi connectivity index (χ4v) is 4.47. The fraction of sp³-hybridized carbons (Fsp3) is 0.647. The van der Waals surface area contributed by atoms with Gasteiger partial charge in [-0.15, -0.1) is 11.8 Å². The van der Waals surface area contributed by atoms with Crippen LogP contribution >= 0.6 is 11.8 Å². The minimum atomic E-state index is 0.685. The summed E-state index contributed by atoms with van der Waals surface area (Å²) in [5.41, 5.74) is 0. The van der Waals surface area contributed by atoms with Crippen LogP contribution in [0.25, 0.3) is 0 Å². The van der Waals surface area contributed by atoms with Crippen molar-refractivity contribution in [3.05, 3.63) is 30.3 Å². The predicted octanol–water partition coefficient (Wildman–Crippen LogP) is 4.58. The highest BCUT2D eigenvalue weighted by Gasteiger charge is 2.31. The molecule has 1 N–H and O–H groups in total. The summed E-state index contributed by atoms with van der Waals surface area (Å²) in [7, 11) is 0. The molecule has 3 atom stereocenters. The Hall–Kier alpha value is -0.470. The van der Waals surface area contributed by atoms with Crippen molar-refractivity contribution in [1.82, 2.24) is 5.32 Å². The van der Waals surface area contributed by atoms with Gasteiger partial charge in [-0.1, -0.05) is 39.0 Å². The van der Waals surface area contributed by atoms with E-state index in [4.69, 9.17) is 0 Å². The first-order chi connectivity index (χ1) is 9.20. The van der Waals surface area contributed by atoms with Crippen LogP contribution in [0.3, 0.4) is 0 Å². The molecule has 106 valence electrons. The Morgan fingerprint density at radius 3 is 2.58 bits per heavy atom. The van der Waals surface area contributed by atoms with Gasteiger partial charge in [0.25, 0.3) is 0 Å². The van der Waals surface area contributed by atoms with Crippen molar-refractivity contribution in [2.24, 2.45) is 11.8 Å². The number of benzene rings is 1. The van der Waals surface area contributed by atoms with E-state index in [1.807, 2.05) is 0 Å². The van der Waals surface area contributed by atoms with E-state index in [-0.39, 0.29) is 0 Å². The van der Waals surface area contributed by atoms with Crippen LogP contribution in [0.4, 0.5) is 0 Å². The maximum atomic E-state index is 3.69. The lowest BCUT2D eigenvalue weighted by molar-refractivity contribution is 0.247. The van der Waals surface area contributed by atoms with Gasteiger partial charge < -0.3 is 5.32 Å². The Morgan fingerprint density at radius 2 is 1.95 bits per heavy atom. The van der Waals surface area contributed by atoms with E-state index in [1.54, 1.807) is 0 Å². The Kier molecular flexibility index (Phi) is 5.77. The third kappa shape index (κ3) is 4.25. The van der Waals surface area contributed by atoms with Gasteiger partial charge in [-0.05, 0) is 49.8 Å². The second-order valence-corrected chi connectivity index (χ2v) is 7.26. The van der Waals surface area contributed by atoms with Crippen molar-refractivity contribution in [1.29, 1.82) is 0 Å². The van der Waals surface area contributed by atoms with Gasteiger partial charge in [-0.2, -0.15) is 0 Å². The molecular weight excluding hydrogens is 250 g/mol. The lowest BCUT2D eigenvalue weighted by Gasteiger charge is -2.38. The number of nitrogens with one attached hydrogen (secondary N) is 1. The molecule has 19 heavy (non-hydrogen) atoms. The first-order valence-corrected chi connectivity index (χ1v) is 8.53. The van der Waals surface area contributed by atoms with Gasteiger partial charge in [0.2, 0.25) is 0 Å². The first kappa shape index (κ1) is 14.9. The van der Waals surface area contributed by atoms with Crippen molar-refractivity contribution < 1.29 is 0 Å². The largest absolute Gasteiger partial charge is 0.313 e. The van der Waals surface area contributed by atoms with Crippen LogP contribution in [0.5, 0.6) is 0 Å². The van der Waals surface area contributed by atoms with E-state index in [2.05, 4.69) is 68.2 Å². The van der Waals surface area contributed by atoms with Crippen LogP contribution in [0.2, 0.25) is 0 Å². The van der Waals surface area contributed by atoms with Crippen LogP contribution in [-0.2, 0) is 0 Å². The smallest absolute Gasteiger partial charge is 0.0251 e. The summed E-state index contributed by atoms with van der Waals surface area (Å²) in [6.07, 6.45) is 4.08. The molecule has 1 fully saturated rings. The second kappa shape index (κ2) is 7.35. The molecule has 2 heteroatoms. The summed E-state index contributed by atoms with van der Waals surface area (Å²) in [6, 6.07) is 11.6. The van der Waals surface area contributed by atoms with Crippen molar-refractivity contribution >= 4 is 11.8 Å². The van der Waals surface area contributed by atoms with Crippen molar-refractivity contribution in [3.63, 3.8) is 0 Å². The Labute approximate surface area is 122 Å². The summed E-state index contributed by atoms with van der Waals surface area (Å²) in [5.74, 6) is 1.72. The zero-order chi connectivity index (χ0) is 13.7. The number of hydrogen-bond acceptors (Lipinski definition) is 2.